The molecule has 10 heteroatoms. The van der Waals surface area contributed by atoms with Crippen LogP contribution in [0.25, 0.3) is 0 Å². The van der Waals surface area contributed by atoms with Gasteiger partial charge in [0.05, 0.1) is 0 Å². The van der Waals surface area contributed by atoms with E-state index in [2.05, 4.69) is 33.8 Å². The summed E-state index contributed by atoms with van der Waals surface area (Å²) in [6.07, 6.45) is -0.221. The summed E-state index contributed by atoms with van der Waals surface area (Å²) in [6.45, 7) is 6.33. The molecule has 1 saturated heterocycles. The second-order valence-corrected chi connectivity index (χ2v) is 8.01. The van der Waals surface area contributed by atoms with Crippen LogP contribution in [0.2, 0.25) is 0 Å². The van der Waals surface area contributed by atoms with E-state index in [1.807, 2.05) is 0 Å². The summed E-state index contributed by atoms with van der Waals surface area (Å²) < 4.78 is 56.3. The molecule has 3 heterocycles. The number of alkyl halides is 4. The van der Waals surface area contributed by atoms with Gasteiger partial charge in [0.1, 0.15) is 11.4 Å². The highest BCUT2D eigenvalue weighted by Crippen LogP contribution is 2.29. The van der Waals surface area contributed by atoms with Crippen LogP contribution in [0.3, 0.4) is 0 Å². The Hall–Kier alpha value is -1.94. The molecule has 2 unspecified atom stereocenters. The summed E-state index contributed by atoms with van der Waals surface area (Å²) >= 11 is 0. The van der Waals surface area contributed by atoms with Gasteiger partial charge in [0.15, 0.2) is 0 Å². The molecule has 0 bridgehead atoms. The number of rotatable bonds is 8. The van der Waals surface area contributed by atoms with Gasteiger partial charge in [-0.25, -0.2) is 17.6 Å². The molecule has 6 nitrogen and oxygen atoms in total. The first-order valence-corrected chi connectivity index (χ1v) is 10.3. The minimum atomic E-state index is -2.61. The van der Waals surface area contributed by atoms with E-state index < -0.39 is 12.9 Å². The van der Waals surface area contributed by atoms with Crippen molar-refractivity contribution in [1.29, 1.82) is 0 Å². The average molecular weight is 430 g/mol. The second-order valence-electron chi connectivity index (χ2n) is 8.01. The van der Waals surface area contributed by atoms with Crippen LogP contribution in [0.1, 0.15) is 62.1 Å². The van der Waals surface area contributed by atoms with E-state index in [1.54, 1.807) is 26.5 Å². The lowest BCUT2D eigenvalue weighted by atomic mass is 10.0. The number of hydrogen-bond donors (Lipinski definition) is 0. The van der Waals surface area contributed by atoms with Crippen LogP contribution in [-0.4, -0.2) is 54.5 Å². The lowest BCUT2D eigenvalue weighted by Gasteiger charge is -2.46. The second kappa shape index (κ2) is 9.47. The number of piperazine rings is 1. The van der Waals surface area contributed by atoms with E-state index >= 15 is 0 Å². The zero-order valence-corrected chi connectivity index (χ0v) is 17.9. The van der Waals surface area contributed by atoms with Crippen molar-refractivity contribution in [3.8, 4) is 0 Å². The van der Waals surface area contributed by atoms with Crippen molar-refractivity contribution in [2.24, 2.45) is 14.1 Å². The number of aromatic nitrogens is 4. The third-order valence-corrected chi connectivity index (χ3v) is 5.90. The minimum absolute atomic E-state index is 0.144. The molecule has 2 aromatic heterocycles. The third kappa shape index (κ3) is 4.85. The summed E-state index contributed by atoms with van der Waals surface area (Å²) in [5, 5.41) is 7.83. The van der Waals surface area contributed by atoms with Crippen LogP contribution in [0.5, 0.6) is 0 Å². The molecule has 0 N–H and O–H groups in total. The van der Waals surface area contributed by atoms with Crippen LogP contribution in [0, 0.1) is 0 Å². The fourth-order valence-electron chi connectivity index (χ4n) is 4.39. The molecule has 168 valence electrons. The van der Waals surface area contributed by atoms with E-state index in [9.17, 15) is 17.6 Å². The third-order valence-electron chi connectivity index (χ3n) is 5.90. The van der Waals surface area contributed by atoms with Crippen molar-refractivity contribution in [3.63, 3.8) is 0 Å². The Kier molecular flexibility index (Phi) is 7.18. The standard InChI is InChI=1S/C20H30F4N6/c1-5-15-11-30(10-14-8-28(4)26-18(14)20(23)24)16(6-2)12-29(15)9-13-7-27(3)25-17(13)19(21)22/h7-8,15-16,19-20H,5-6,9-12H2,1-4H3. The molecular formula is C20H30F4N6. The monoisotopic (exact) mass is 430 g/mol. The molecule has 0 spiro atoms. The Morgan fingerprint density at radius 3 is 1.47 bits per heavy atom. The molecule has 0 amide bonds. The van der Waals surface area contributed by atoms with E-state index in [1.165, 1.54) is 9.36 Å². The van der Waals surface area contributed by atoms with Crippen molar-refractivity contribution in [2.45, 2.75) is 64.7 Å². The normalized spacial score (nSPS) is 21.3. The summed E-state index contributed by atoms with van der Waals surface area (Å²) in [4.78, 5) is 4.45. The fourth-order valence-corrected chi connectivity index (χ4v) is 4.39. The quantitative estimate of drug-likeness (QED) is 0.596. The van der Waals surface area contributed by atoms with Crippen LogP contribution >= 0.6 is 0 Å². The highest BCUT2D eigenvalue weighted by atomic mass is 19.3. The number of aryl methyl sites for hydroxylation is 2. The molecule has 30 heavy (non-hydrogen) atoms. The van der Waals surface area contributed by atoms with Gasteiger partial charge < -0.3 is 0 Å². The zero-order valence-electron chi connectivity index (χ0n) is 17.9. The van der Waals surface area contributed by atoms with E-state index in [-0.39, 0.29) is 23.5 Å². The van der Waals surface area contributed by atoms with Crippen molar-refractivity contribution in [2.75, 3.05) is 13.1 Å². The molecule has 2 atom stereocenters. The Bertz CT molecular complexity index is 765. The zero-order chi connectivity index (χ0) is 22.0. The minimum Gasteiger partial charge on any atom is -0.293 e. The maximum atomic E-state index is 13.4. The van der Waals surface area contributed by atoms with Crippen molar-refractivity contribution in [3.05, 3.63) is 34.9 Å². The summed E-state index contributed by atoms with van der Waals surface area (Å²) in [6, 6.07) is 0.287. The van der Waals surface area contributed by atoms with Gasteiger partial charge in [-0.2, -0.15) is 10.2 Å². The van der Waals surface area contributed by atoms with Gasteiger partial charge in [-0.3, -0.25) is 19.2 Å². The number of halogens is 4. The van der Waals surface area contributed by atoms with Crippen molar-refractivity contribution >= 4 is 0 Å². The van der Waals surface area contributed by atoms with Crippen molar-refractivity contribution in [1.82, 2.24) is 29.4 Å². The largest absolute Gasteiger partial charge is 0.293 e. The van der Waals surface area contributed by atoms with Crippen molar-refractivity contribution < 1.29 is 17.6 Å². The smallest absolute Gasteiger partial charge is 0.282 e. The fraction of sp³-hybridized carbons (Fsp3) is 0.700. The van der Waals surface area contributed by atoms with Gasteiger partial charge in [-0.15, -0.1) is 0 Å². The average Bonchev–Trinajstić information content (AvgIpc) is 3.24. The predicted octanol–water partition coefficient (Wildman–Crippen LogP) is 3.90. The van der Waals surface area contributed by atoms with Crippen LogP contribution in [0.4, 0.5) is 17.6 Å². The first kappa shape index (κ1) is 22.7. The molecule has 0 aromatic carbocycles. The molecule has 1 fully saturated rings. The SMILES string of the molecule is CCC1CN(Cc2cn(C)nc2C(F)F)C(CC)CN1Cc1cn(C)nc1C(F)F. The Balaban J connectivity index is 1.78. The van der Waals surface area contributed by atoms with E-state index in [4.69, 9.17) is 0 Å². The molecule has 1 aliphatic rings. The summed E-state index contributed by atoms with van der Waals surface area (Å²) in [5.74, 6) is 0. The molecule has 0 radical (unpaired) electrons. The molecular weight excluding hydrogens is 400 g/mol. The lowest BCUT2D eigenvalue weighted by molar-refractivity contribution is 0.0136. The first-order valence-electron chi connectivity index (χ1n) is 10.3. The van der Waals surface area contributed by atoms with Gasteiger partial charge in [-0.05, 0) is 12.8 Å². The number of hydrogen-bond acceptors (Lipinski definition) is 4. The summed E-state index contributed by atoms with van der Waals surface area (Å²) in [7, 11) is 3.29. The summed E-state index contributed by atoms with van der Waals surface area (Å²) in [5.41, 5.74) is 0.752. The molecule has 2 aromatic rings. The molecule has 0 aliphatic carbocycles. The maximum Gasteiger partial charge on any atom is 0.282 e. The highest BCUT2D eigenvalue weighted by Gasteiger charge is 2.34. The molecule has 0 saturated carbocycles. The maximum absolute atomic E-state index is 13.4. The van der Waals surface area contributed by atoms with Crippen LogP contribution in [-0.2, 0) is 27.2 Å². The van der Waals surface area contributed by atoms with Crippen LogP contribution in [0.15, 0.2) is 12.4 Å². The van der Waals surface area contributed by atoms with E-state index in [0.717, 1.165) is 12.8 Å². The first-order chi connectivity index (χ1) is 14.2. The van der Waals surface area contributed by atoms with E-state index in [0.29, 0.717) is 37.3 Å². The van der Waals surface area contributed by atoms with Gasteiger partial charge >= 0.3 is 0 Å². The molecule has 1 aliphatic heterocycles. The highest BCUT2D eigenvalue weighted by molar-refractivity contribution is 5.20. The van der Waals surface area contributed by atoms with Crippen LogP contribution < -0.4 is 0 Å². The Morgan fingerprint density at radius 2 is 1.17 bits per heavy atom. The molecule has 3 rings (SSSR count). The topological polar surface area (TPSA) is 42.1 Å². The predicted molar refractivity (Wildman–Crippen MR) is 105 cm³/mol. The lowest BCUT2D eigenvalue weighted by Crippen LogP contribution is -2.57. The number of nitrogens with zero attached hydrogens (tertiary/aromatic N) is 6. The Morgan fingerprint density at radius 1 is 0.800 bits per heavy atom. The van der Waals surface area contributed by atoms with Gasteiger partial charge in [-0.1, -0.05) is 13.8 Å². The van der Waals surface area contributed by atoms with Gasteiger partial charge in [0, 0.05) is 75.9 Å². The Labute approximate surface area is 174 Å². The van der Waals surface area contributed by atoms with Gasteiger partial charge in [0.2, 0.25) is 0 Å². The van der Waals surface area contributed by atoms with Gasteiger partial charge in [0.25, 0.3) is 12.9 Å².